The van der Waals surface area contributed by atoms with Crippen LogP contribution in [0.5, 0.6) is 5.75 Å². The van der Waals surface area contributed by atoms with Crippen molar-refractivity contribution in [1.29, 1.82) is 0 Å². The van der Waals surface area contributed by atoms with Gasteiger partial charge >= 0.3 is 18.2 Å². The highest BCUT2D eigenvalue weighted by Gasteiger charge is 2.54. The van der Waals surface area contributed by atoms with Gasteiger partial charge in [-0.2, -0.15) is 13.2 Å². The van der Waals surface area contributed by atoms with Crippen LogP contribution in [-0.2, 0) is 26.9 Å². The van der Waals surface area contributed by atoms with Gasteiger partial charge in [-0.25, -0.2) is 14.6 Å². The molecule has 33 heavy (non-hydrogen) atoms. The minimum absolute atomic E-state index is 0.0114. The Labute approximate surface area is 188 Å². The van der Waals surface area contributed by atoms with E-state index in [1.54, 1.807) is 39.0 Å². The van der Waals surface area contributed by atoms with E-state index in [0.717, 1.165) is 0 Å². The van der Waals surface area contributed by atoms with E-state index in [0.29, 0.717) is 17.4 Å². The van der Waals surface area contributed by atoms with Crippen molar-refractivity contribution in [3.8, 4) is 5.75 Å². The monoisotopic (exact) mass is 466 g/mol. The average Bonchev–Trinajstić information content (AvgIpc) is 3.09. The maximum atomic E-state index is 13.9. The van der Waals surface area contributed by atoms with E-state index in [1.807, 2.05) is 0 Å². The fraction of sp³-hybridized carbons (Fsp3) is 0.522. The number of pyridine rings is 1. The number of benzene rings is 1. The van der Waals surface area contributed by atoms with E-state index in [4.69, 9.17) is 14.2 Å². The first kappa shape index (κ1) is 23.1. The van der Waals surface area contributed by atoms with Crippen molar-refractivity contribution in [2.45, 2.75) is 63.5 Å². The molecule has 10 heteroatoms. The van der Waals surface area contributed by atoms with Crippen molar-refractivity contribution in [2.75, 3.05) is 13.7 Å². The van der Waals surface area contributed by atoms with Gasteiger partial charge in [0, 0.05) is 17.4 Å². The molecule has 1 aromatic heterocycles. The number of likely N-dealkylation sites (tertiary alicyclic amines) is 1. The van der Waals surface area contributed by atoms with Crippen LogP contribution in [0.25, 0.3) is 10.9 Å². The van der Waals surface area contributed by atoms with Crippen molar-refractivity contribution in [3.05, 3.63) is 35.5 Å². The van der Waals surface area contributed by atoms with Gasteiger partial charge in [-0.05, 0) is 39.7 Å². The molecular weight excluding hydrogens is 441 g/mol. The van der Waals surface area contributed by atoms with Gasteiger partial charge in [0.25, 0.3) is 0 Å². The summed E-state index contributed by atoms with van der Waals surface area (Å²) in [4.78, 5) is 30.3. The Morgan fingerprint density at radius 1 is 1.21 bits per heavy atom. The van der Waals surface area contributed by atoms with Crippen molar-refractivity contribution in [1.82, 2.24) is 9.88 Å². The summed E-state index contributed by atoms with van der Waals surface area (Å²) in [5, 5.41) is 0.585. The van der Waals surface area contributed by atoms with Crippen LogP contribution < -0.4 is 4.74 Å². The van der Waals surface area contributed by atoms with E-state index in [-0.39, 0.29) is 30.7 Å². The maximum Gasteiger partial charge on any atom is 0.437 e. The lowest BCUT2D eigenvalue weighted by Gasteiger charge is -2.37. The number of amides is 1. The van der Waals surface area contributed by atoms with E-state index in [2.05, 4.69) is 4.98 Å². The number of nitrogens with zero attached hydrogens (tertiary/aromatic N) is 2. The van der Waals surface area contributed by atoms with Crippen molar-refractivity contribution < 1.29 is 37.0 Å². The fourth-order valence-electron chi connectivity index (χ4n) is 4.50. The SMILES string of the molecule is COC(=O)C1CC2(CCc3c(c(C(F)(F)F)nc4ccccc34)O2)CN1C(=O)OC(C)(C)C. The Balaban J connectivity index is 1.76. The van der Waals surface area contributed by atoms with Crippen LogP contribution >= 0.6 is 0 Å². The molecule has 0 N–H and O–H groups in total. The Kier molecular flexibility index (Phi) is 5.45. The molecule has 2 atom stereocenters. The minimum atomic E-state index is -4.74. The van der Waals surface area contributed by atoms with Crippen LogP contribution in [0.4, 0.5) is 18.0 Å². The van der Waals surface area contributed by atoms with Gasteiger partial charge in [0.05, 0.1) is 19.2 Å². The summed E-state index contributed by atoms with van der Waals surface area (Å²) in [5.74, 6) is -1.03. The van der Waals surface area contributed by atoms with Crippen LogP contribution in [0.2, 0.25) is 0 Å². The third kappa shape index (κ3) is 4.30. The number of methoxy groups -OCH3 is 1. The second-order valence-corrected chi connectivity index (χ2v) is 9.42. The zero-order valence-corrected chi connectivity index (χ0v) is 18.8. The molecule has 0 saturated carbocycles. The first-order valence-electron chi connectivity index (χ1n) is 10.6. The molecule has 1 saturated heterocycles. The highest BCUT2D eigenvalue weighted by Crippen LogP contribution is 2.48. The summed E-state index contributed by atoms with van der Waals surface area (Å²) in [6, 6.07) is 5.57. The lowest BCUT2D eigenvalue weighted by Crippen LogP contribution is -2.46. The average molecular weight is 466 g/mol. The zero-order chi connectivity index (χ0) is 24.2. The Hall–Kier alpha value is -3.04. The molecule has 178 valence electrons. The van der Waals surface area contributed by atoms with E-state index in [9.17, 15) is 22.8 Å². The minimum Gasteiger partial charge on any atom is -0.483 e. The van der Waals surface area contributed by atoms with Gasteiger partial charge in [-0.3, -0.25) is 4.90 Å². The zero-order valence-electron chi connectivity index (χ0n) is 18.8. The van der Waals surface area contributed by atoms with Gasteiger partial charge in [0.1, 0.15) is 17.2 Å². The first-order valence-corrected chi connectivity index (χ1v) is 10.6. The highest BCUT2D eigenvalue weighted by molar-refractivity contribution is 5.86. The van der Waals surface area contributed by atoms with Gasteiger partial charge in [-0.1, -0.05) is 18.2 Å². The van der Waals surface area contributed by atoms with Crippen LogP contribution in [0.1, 0.15) is 44.9 Å². The van der Waals surface area contributed by atoms with Crippen LogP contribution in [0, 0.1) is 0 Å². The lowest BCUT2D eigenvalue weighted by molar-refractivity contribution is -0.146. The number of aryl methyl sites for hydroxylation is 1. The number of esters is 1. The molecule has 2 aliphatic rings. The summed E-state index contributed by atoms with van der Waals surface area (Å²) >= 11 is 0. The number of halogens is 3. The molecule has 2 aliphatic heterocycles. The predicted octanol–water partition coefficient (Wildman–Crippen LogP) is 4.50. The smallest absolute Gasteiger partial charge is 0.437 e. The molecule has 1 amide bonds. The van der Waals surface area contributed by atoms with E-state index < -0.39 is 41.2 Å². The molecule has 1 aromatic carbocycles. The number of para-hydroxylation sites is 1. The molecule has 1 fully saturated rings. The fourth-order valence-corrected chi connectivity index (χ4v) is 4.50. The van der Waals surface area contributed by atoms with Crippen LogP contribution in [-0.4, -0.2) is 52.8 Å². The summed E-state index contributed by atoms with van der Waals surface area (Å²) < 4.78 is 58.1. The molecule has 0 bridgehead atoms. The van der Waals surface area contributed by atoms with Gasteiger partial charge < -0.3 is 14.2 Å². The molecule has 3 heterocycles. The quantitative estimate of drug-likeness (QED) is 0.576. The van der Waals surface area contributed by atoms with E-state index in [1.165, 1.54) is 18.1 Å². The van der Waals surface area contributed by atoms with Crippen LogP contribution in [0.3, 0.4) is 0 Å². The number of carbonyl (C=O) groups is 2. The highest BCUT2D eigenvalue weighted by atomic mass is 19.4. The van der Waals surface area contributed by atoms with Crippen molar-refractivity contribution in [3.63, 3.8) is 0 Å². The molecule has 2 aromatic rings. The molecule has 0 radical (unpaired) electrons. The summed E-state index contributed by atoms with van der Waals surface area (Å²) in [6.07, 6.45) is -4.91. The number of carbonyl (C=O) groups excluding carboxylic acids is 2. The third-order valence-electron chi connectivity index (χ3n) is 5.87. The number of aromatic nitrogens is 1. The maximum absolute atomic E-state index is 13.9. The number of hydrogen-bond acceptors (Lipinski definition) is 6. The number of alkyl halides is 3. The predicted molar refractivity (Wildman–Crippen MR) is 112 cm³/mol. The molecule has 2 unspecified atom stereocenters. The second kappa shape index (κ2) is 7.78. The van der Waals surface area contributed by atoms with Crippen molar-refractivity contribution in [2.24, 2.45) is 0 Å². The largest absolute Gasteiger partial charge is 0.483 e. The summed E-state index contributed by atoms with van der Waals surface area (Å²) in [5.41, 5.74) is -2.48. The Morgan fingerprint density at radius 3 is 2.55 bits per heavy atom. The first-order chi connectivity index (χ1) is 15.3. The second-order valence-electron chi connectivity index (χ2n) is 9.42. The Bertz CT molecular complexity index is 1110. The number of ether oxygens (including phenoxy) is 3. The van der Waals surface area contributed by atoms with E-state index >= 15 is 0 Å². The Morgan fingerprint density at radius 2 is 1.91 bits per heavy atom. The normalized spacial score (nSPS) is 22.8. The number of fused-ring (bicyclic) bond motifs is 3. The van der Waals surface area contributed by atoms with Crippen LogP contribution in [0.15, 0.2) is 24.3 Å². The number of rotatable bonds is 1. The molecule has 0 aliphatic carbocycles. The molecule has 4 rings (SSSR count). The summed E-state index contributed by atoms with van der Waals surface area (Å²) in [6.45, 7) is 4.95. The van der Waals surface area contributed by atoms with Gasteiger partial charge in [0.15, 0.2) is 11.4 Å². The number of hydrogen-bond donors (Lipinski definition) is 0. The van der Waals surface area contributed by atoms with Crippen molar-refractivity contribution >= 4 is 23.0 Å². The third-order valence-corrected chi connectivity index (χ3v) is 5.87. The summed E-state index contributed by atoms with van der Waals surface area (Å²) in [7, 11) is 1.19. The van der Waals surface area contributed by atoms with Gasteiger partial charge in [0.2, 0.25) is 0 Å². The molecule has 1 spiro atoms. The lowest BCUT2D eigenvalue weighted by atomic mass is 9.87. The standard InChI is InChI=1S/C23H25F3N2O5/c1-21(2,3)33-20(30)28-12-22(11-16(28)19(29)31-4)10-9-14-13-7-5-6-8-15(13)27-18(17(14)32-22)23(24,25)26/h5-8,16H,9-12H2,1-4H3. The molecule has 7 nitrogen and oxygen atoms in total. The topological polar surface area (TPSA) is 78.0 Å². The van der Waals surface area contributed by atoms with Gasteiger partial charge in [-0.15, -0.1) is 0 Å². The molecular formula is C23H25F3N2O5.